The number of nitrogens with two attached hydrogens (primary N) is 2. The van der Waals surface area contributed by atoms with Crippen LogP contribution < -0.4 is 26.8 Å². The van der Waals surface area contributed by atoms with Crippen molar-refractivity contribution in [1.82, 2.24) is 15.5 Å². The monoisotopic (exact) mass is 555 g/mol. The van der Waals surface area contributed by atoms with Crippen molar-refractivity contribution >= 4 is 12.4 Å². The van der Waals surface area contributed by atoms with Gasteiger partial charge in [0.1, 0.15) is 5.75 Å². The molecule has 0 atom stereocenters. The number of ether oxygens (including phenoxy) is 1. The fourth-order valence-corrected chi connectivity index (χ4v) is 4.83. The molecule has 0 fully saturated rings. The second-order valence-electron chi connectivity index (χ2n) is 10.5. The van der Waals surface area contributed by atoms with Crippen molar-refractivity contribution in [1.29, 1.82) is 0 Å². The Hall–Kier alpha value is -0.890. The molecule has 6 nitrogen and oxygen atoms in total. The summed E-state index contributed by atoms with van der Waals surface area (Å²) < 4.78 is 5.47. The molecule has 1 aromatic carbocycles. The van der Waals surface area contributed by atoms with Crippen LogP contribution in [0.1, 0.15) is 102 Å². The van der Waals surface area contributed by atoms with Gasteiger partial charge in [-0.05, 0) is 103 Å². The minimum atomic E-state index is 0. The maximum Gasteiger partial charge on any atom is 0.123 e. The predicted molar refractivity (Wildman–Crippen MR) is 169 cm³/mol. The smallest absolute Gasteiger partial charge is 0.123 e. The average molecular weight is 556 g/mol. The van der Waals surface area contributed by atoms with Crippen molar-refractivity contribution in [3.63, 3.8) is 0 Å². The van der Waals surface area contributed by atoms with Gasteiger partial charge in [0.05, 0.1) is 7.11 Å². The Kier molecular flexibility index (Phi) is 28.4. The molecule has 0 unspecified atom stereocenters. The summed E-state index contributed by atoms with van der Waals surface area (Å²) in [5.74, 6) is 0.972. The zero-order valence-corrected chi connectivity index (χ0v) is 25.5. The lowest BCUT2D eigenvalue weighted by Gasteiger charge is -2.22. The molecule has 0 aliphatic carbocycles. The summed E-state index contributed by atoms with van der Waals surface area (Å²) >= 11 is 0. The molecule has 224 valence electrons. The van der Waals surface area contributed by atoms with E-state index in [1.54, 1.807) is 7.11 Å². The van der Waals surface area contributed by atoms with E-state index >= 15 is 0 Å². The second-order valence-corrected chi connectivity index (χ2v) is 10.5. The Bertz CT molecular complexity index is 607. The first kappa shape index (κ1) is 37.1. The number of unbranched alkanes of at least 4 members (excludes halogenated alkanes) is 11. The number of methoxy groups -OCH3 is 1. The number of hydrogen-bond acceptors (Lipinski definition) is 6. The third kappa shape index (κ3) is 22.0. The van der Waals surface area contributed by atoms with Crippen LogP contribution in [0.2, 0.25) is 0 Å². The van der Waals surface area contributed by atoms with E-state index in [2.05, 4.69) is 27.7 Å². The highest BCUT2D eigenvalue weighted by Gasteiger charge is 2.06. The van der Waals surface area contributed by atoms with Crippen molar-refractivity contribution in [2.45, 2.75) is 103 Å². The SMILES string of the molecule is COc1ccccc1CNCCCN(CCCCCCN)CCCCCCCCNCCCCCCN.Cl. The first-order chi connectivity index (χ1) is 18.3. The van der Waals surface area contributed by atoms with Gasteiger partial charge >= 0.3 is 0 Å². The number of nitrogens with zero attached hydrogens (tertiary/aromatic N) is 1. The van der Waals surface area contributed by atoms with Crippen LogP contribution in [0.3, 0.4) is 0 Å². The van der Waals surface area contributed by atoms with Crippen molar-refractivity contribution in [3.8, 4) is 5.75 Å². The predicted octanol–water partition coefficient (Wildman–Crippen LogP) is 5.87. The first-order valence-electron chi connectivity index (χ1n) is 15.5. The second kappa shape index (κ2) is 29.1. The van der Waals surface area contributed by atoms with E-state index in [1.807, 2.05) is 12.1 Å². The summed E-state index contributed by atoms with van der Waals surface area (Å²) in [4.78, 5) is 2.70. The van der Waals surface area contributed by atoms with E-state index in [-0.39, 0.29) is 12.4 Å². The summed E-state index contributed by atoms with van der Waals surface area (Å²) in [6.07, 6.45) is 19.4. The number of hydrogen-bond donors (Lipinski definition) is 4. The van der Waals surface area contributed by atoms with Crippen LogP contribution in [-0.4, -0.2) is 64.4 Å². The fourth-order valence-electron chi connectivity index (χ4n) is 4.83. The van der Waals surface area contributed by atoms with E-state index in [0.29, 0.717) is 0 Å². The van der Waals surface area contributed by atoms with Gasteiger partial charge in [-0.25, -0.2) is 0 Å². The Balaban J connectivity index is 0.0000137. The van der Waals surface area contributed by atoms with Gasteiger partial charge in [-0.3, -0.25) is 0 Å². The van der Waals surface area contributed by atoms with Gasteiger partial charge in [-0.2, -0.15) is 0 Å². The van der Waals surface area contributed by atoms with Gasteiger partial charge < -0.3 is 31.7 Å². The number of nitrogens with one attached hydrogen (secondary N) is 2. The zero-order valence-electron chi connectivity index (χ0n) is 24.7. The average Bonchev–Trinajstić information content (AvgIpc) is 2.92. The number of halogens is 1. The summed E-state index contributed by atoms with van der Waals surface area (Å²) in [5.41, 5.74) is 12.4. The minimum Gasteiger partial charge on any atom is -0.496 e. The Morgan fingerprint density at radius 3 is 1.66 bits per heavy atom. The lowest BCUT2D eigenvalue weighted by atomic mass is 10.1. The van der Waals surface area contributed by atoms with Gasteiger partial charge in [0.2, 0.25) is 0 Å². The minimum absolute atomic E-state index is 0. The molecule has 6 N–H and O–H groups in total. The summed E-state index contributed by atoms with van der Waals surface area (Å²) in [7, 11) is 1.75. The van der Waals surface area contributed by atoms with E-state index < -0.39 is 0 Å². The molecular weight excluding hydrogens is 494 g/mol. The molecule has 1 aromatic rings. The number of benzene rings is 1. The number of para-hydroxylation sites is 1. The van der Waals surface area contributed by atoms with Gasteiger partial charge in [-0.1, -0.05) is 69.6 Å². The lowest BCUT2D eigenvalue weighted by Crippen LogP contribution is -2.29. The maximum absolute atomic E-state index is 5.66. The quantitative estimate of drug-likeness (QED) is 0.0967. The summed E-state index contributed by atoms with van der Waals surface area (Å²) in [5, 5.41) is 7.20. The van der Waals surface area contributed by atoms with Crippen LogP contribution in [0.4, 0.5) is 0 Å². The van der Waals surface area contributed by atoms with Gasteiger partial charge in [-0.15, -0.1) is 12.4 Å². The molecule has 0 radical (unpaired) electrons. The highest BCUT2D eigenvalue weighted by Crippen LogP contribution is 2.16. The highest BCUT2D eigenvalue weighted by molar-refractivity contribution is 5.85. The van der Waals surface area contributed by atoms with Crippen molar-refractivity contribution < 1.29 is 4.74 Å². The van der Waals surface area contributed by atoms with Crippen molar-refractivity contribution in [2.24, 2.45) is 11.5 Å². The molecule has 0 saturated heterocycles. The van der Waals surface area contributed by atoms with E-state index in [1.165, 1.54) is 128 Å². The van der Waals surface area contributed by atoms with Crippen molar-refractivity contribution in [3.05, 3.63) is 29.8 Å². The molecule has 7 heteroatoms. The molecule has 0 bridgehead atoms. The van der Waals surface area contributed by atoms with E-state index in [4.69, 9.17) is 16.2 Å². The first-order valence-corrected chi connectivity index (χ1v) is 15.5. The van der Waals surface area contributed by atoms with Crippen LogP contribution in [0.25, 0.3) is 0 Å². The summed E-state index contributed by atoms with van der Waals surface area (Å²) in [6, 6.07) is 8.28. The Labute approximate surface area is 241 Å². The Morgan fingerprint density at radius 1 is 0.605 bits per heavy atom. The van der Waals surface area contributed by atoms with Crippen LogP contribution in [0.5, 0.6) is 5.75 Å². The fraction of sp³-hybridized carbons (Fsp3) is 0.806. The van der Waals surface area contributed by atoms with Gasteiger partial charge in [0, 0.05) is 12.1 Å². The molecule has 0 aliphatic heterocycles. The van der Waals surface area contributed by atoms with Crippen molar-refractivity contribution in [2.75, 3.05) is 59.5 Å². The zero-order chi connectivity index (χ0) is 26.7. The largest absolute Gasteiger partial charge is 0.496 e. The molecule has 0 spiro atoms. The van der Waals surface area contributed by atoms with E-state index in [0.717, 1.165) is 38.3 Å². The standard InChI is InChI=1S/C31H61N5O.ClH/c1-37-31-20-11-10-19-30(31)29-35-25-18-28-36(27-17-9-5-13-22-33)26-16-8-3-2-6-14-23-34-24-15-7-4-12-21-32;/h10-11,19-20,34-35H,2-9,12-18,21-29,32-33H2,1H3;1H. The van der Waals surface area contributed by atoms with Crippen LogP contribution in [0, 0.1) is 0 Å². The number of rotatable bonds is 28. The third-order valence-corrected chi connectivity index (χ3v) is 7.15. The lowest BCUT2D eigenvalue weighted by molar-refractivity contribution is 0.256. The molecule has 0 saturated carbocycles. The topological polar surface area (TPSA) is 88.6 Å². The Morgan fingerprint density at radius 2 is 1.08 bits per heavy atom. The third-order valence-electron chi connectivity index (χ3n) is 7.15. The highest BCUT2D eigenvalue weighted by atomic mass is 35.5. The van der Waals surface area contributed by atoms with Gasteiger partial charge in [0.25, 0.3) is 0 Å². The summed E-state index contributed by atoms with van der Waals surface area (Å²) in [6.45, 7) is 9.59. The molecule has 38 heavy (non-hydrogen) atoms. The van der Waals surface area contributed by atoms with Crippen LogP contribution in [0.15, 0.2) is 24.3 Å². The molecule has 0 aliphatic rings. The van der Waals surface area contributed by atoms with Crippen LogP contribution in [-0.2, 0) is 6.54 Å². The maximum atomic E-state index is 5.66. The normalized spacial score (nSPS) is 11.2. The van der Waals surface area contributed by atoms with Gasteiger partial charge in [0.15, 0.2) is 0 Å². The van der Waals surface area contributed by atoms with E-state index in [9.17, 15) is 0 Å². The molecule has 1 rings (SSSR count). The van der Waals surface area contributed by atoms with Crippen LogP contribution >= 0.6 is 12.4 Å². The molecule has 0 aromatic heterocycles. The molecular formula is C31H62ClN5O. The molecule has 0 amide bonds. The molecule has 0 heterocycles.